The smallest absolute Gasteiger partial charge is 0.259 e. The minimum absolute atomic E-state index is 0.0805. The fourth-order valence-electron chi connectivity index (χ4n) is 4.00. The van der Waals surface area contributed by atoms with Crippen LogP contribution in [0.4, 0.5) is 5.69 Å². The summed E-state index contributed by atoms with van der Waals surface area (Å²) in [5.74, 6) is 0.309. The maximum Gasteiger partial charge on any atom is 0.259 e. The zero-order chi connectivity index (χ0) is 22.0. The molecule has 160 valence electrons. The highest BCUT2D eigenvalue weighted by molar-refractivity contribution is 5.91. The number of likely N-dealkylation sites (N-methyl/N-ethyl adjacent to an activating group) is 1. The molecule has 0 atom stereocenters. The molecule has 6 heteroatoms. The molecule has 2 heterocycles. The summed E-state index contributed by atoms with van der Waals surface area (Å²) in [6.07, 6.45) is 0.744. The summed E-state index contributed by atoms with van der Waals surface area (Å²) in [5, 5.41) is 2.97. The van der Waals surface area contributed by atoms with Gasteiger partial charge in [-0.2, -0.15) is 0 Å². The molecule has 31 heavy (non-hydrogen) atoms. The molecule has 0 bridgehead atoms. The lowest BCUT2D eigenvalue weighted by Crippen LogP contribution is -2.39. The highest BCUT2D eigenvalue weighted by atomic mass is 16.2. The van der Waals surface area contributed by atoms with Crippen molar-refractivity contribution in [3.05, 3.63) is 81.3 Å². The number of aryl methyl sites for hydroxylation is 2. The van der Waals surface area contributed by atoms with Gasteiger partial charge in [-0.3, -0.25) is 19.1 Å². The quantitative estimate of drug-likeness (QED) is 0.691. The molecule has 1 amide bonds. The first-order chi connectivity index (χ1) is 15.0. The Labute approximate surface area is 182 Å². The van der Waals surface area contributed by atoms with E-state index >= 15 is 0 Å². The lowest BCUT2D eigenvalue weighted by Gasteiger charge is -2.27. The second kappa shape index (κ2) is 8.86. The number of fused-ring (bicyclic) bond motifs is 1. The second-order valence-corrected chi connectivity index (χ2v) is 8.10. The van der Waals surface area contributed by atoms with Crippen LogP contribution in [0, 0.1) is 13.8 Å². The van der Waals surface area contributed by atoms with Gasteiger partial charge in [0.25, 0.3) is 5.56 Å². The average molecular weight is 417 g/mol. The standard InChI is InChI=1S/C25H28N4O2/c1-4-28-13-12-21-20(15-28)25(31)29(24(27-21)19-8-6-5-7-9-19)16-23(30)26-22-14-17(2)10-11-18(22)3/h5-11,14H,4,12-13,15-16H2,1-3H3,(H,26,30). The molecule has 0 unspecified atom stereocenters. The Hall–Kier alpha value is -3.25. The van der Waals surface area contributed by atoms with Gasteiger partial charge in [0.2, 0.25) is 5.91 Å². The zero-order valence-corrected chi connectivity index (χ0v) is 18.3. The van der Waals surface area contributed by atoms with Crippen molar-refractivity contribution >= 4 is 11.6 Å². The van der Waals surface area contributed by atoms with Crippen molar-refractivity contribution in [1.29, 1.82) is 0 Å². The van der Waals surface area contributed by atoms with Gasteiger partial charge in [0.15, 0.2) is 0 Å². The first-order valence-corrected chi connectivity index (χ1v) is 10.7. The molecule has 0 saturated carbocycles. The fourth-order valence-corrected chi connectivity index (χ4v) is 4.00. The number of nitrogens with one attached hydrogen (secondary N) is 1. The summed E-state index contributed by atoms with van der Waals surface area (Å²) in [6, 6.07) is 15.5. The number of aromatic nitrogens is 2. The van der Waals surface area contributed by atoms with Crippen molar-refractivity contribution in [1.82, 2.24) is 14.5 Å². The Balaban J connectivity index is 1.73. The molecule has 4 rings (SSSR count). The molecular formula is C25H28N4O2. The first-order valence-electron chi connectivity index (χ1n) is 10.7. The zero-order valence-electron chi connectivity index (χ0n) is 18.3. The molecule has 0 spiro atoms. The van der Waals surface area contributed by atoms with Crippen molar-refractivity contribution in [2.45, 2.75) is 40.3 Å². The van der Waals surface area contributed by atoms with Gasteiger partial charge in [-0.1, -0.05) is 49.4 Å². The highest BCUT2D eigenvalue weighted by Gasteiger charge is 2.24. The van der Waals surface area contributed by atoms with Crippen LogP contribution in [-0.4, -0.2) is 33.4 Å². The molecule has 1 aromatic heterocycles. The van der Waals surface area contributed by atoms with Gasteiger partial charge in [0, 0.05) is 30.8 Å². The molecule has 0 radical (unpaired) electrons. The van der Waals surface area contributed by atoms with Crippen molar-refractivity contribution in [2.24, 2.45) is 0 Å². The summed E-state index contributed by atoms with van der Waals surface area (Å²) in [6.45, 7) is 8.30. The minimum Gasteiger partial charge on any atom is -0.324 e. The van der Waals surface area contributed by atoms with Gasteiger partial charge in [-0.15, -0.1) is 0 Å². The minimum atomic E-state index is -0.238. The number of anilines is 1. The van der Waals surface area contributed by atoms with Crippen LogP contribution >= 0.6 is 0 Å². The maximum absolute atomic E-state index is 13.5. The van der Waals surface area contributed by atoms with Crippen LogP contribution in [-0.2, 0) is 24.3 Å². The summed E-state index contributed by atoms with van der Waals surface area (Å²) in [5.41, 5.74) is 5.07. The Morgan fingerprint density at radius 2 is 1.90 bits per heavy atom. The molecule has 1 aliphatic rings. The normalized spacial score (nSPS) is 13.6. The third kappa shape index (κ3) is 4.44. The van der Waals surface area contributed by atoms with E-state index in [0.717, 1.165) is 47.6 Å². The predicted octanol–water partition coefficient (Wildman–Crippen LogP) is 3.54. The van der Waals surface area contributed by atoms with Crippen LogP contribution in [0.3, 0.4) is 0 Å². The Bertz CT molecular complexity index is 1170. The number of rotatable bonds is 5. The van der Waals surface area contributed by atoms with E-state index in [1.54, 1.807) is 0 Å². The van der Waals surface area contributed by atoms with Crippen LogP contribution in [0.5, 0.6) is 0 Å². The monoisotopic (exact) mass is 416 g/mol. The topological polar surface area (TPSA) is 67.2 Å². The number of carbonyl (C=O) groups excluding carboxylic acids is 1. The van der Waals surface area contributed by atoms with E-state index in [9.17, 15) is 9.59 Å². The van der Waals surface area contributed by atoms with Crippen molar-refractivity contribution in [3.63, 3.8) is 0 Å². The lowest BCUT2D eigenvalue weighted by atomic mass is 10.1. The van der Waals surface area contributed by atoms with E-state index in [-0.39, 0.29) is 18.0 Å². The van der Waals surface area contributed by atoms with E-state index < -0.39 is 0 Å². The number of benzene rings is 2. The molecule has 3 aromatic rings. The summed E-state index contributed by atoms with van der Waals surface area (Å²) in [4.78, 5) is 33.5. The highest BCUT2D eigenvalue weighted by Crippen LogP contribution is 2.21. The van der Waals surface area contributed by atoms with E-state index in [2.05, 4.69) is 17.1 Å². The molecule has 1 N–H and O–H groups in total. The SMILES string of the molecule is CCN1CCc2nc(-c3ccccc3)n(CC(=O)Nc3cc(C)ccc3C)c(=O)c2C1. The van der Waals surface area contributed by atoms with Gasteiger partial charge in [0.05, 0.1) is 11.3 Å². The van der Waals surface area contributed by atoms with Crippen molar-refractivity contribution in [3.8, 4) is 11.4 Å². The van der Waals surface area contributed by atoms with Gasteiger partial charge >= 0.3 is 0 Å². The molecular weight excluding hydrogens is 388 g/mol. The second-order valence-electron chi connectivity index (χ2n) is 8.10. The Morgan fingerprint density at radius 1 is 1.13 bits per heavy atom. The third-order valence-corrected chi connectivity index (χ3v) is 5.84. The van der Waals surface area contributed by atoms with Gasteiger partial charge in [0.1, 0.15) is 12.4 Å². The summed E-state index contributed by atoms with van der Waals surface area (Å²) < 4.78 is 1.52. The molecule has 0 saturated heterocycles. The van der Waals surface area contributed by atoms with E-state index in [1.807, 2.05) is 62.4 Å². The lowest BCUT2D eigenvalue weighted by molar-refractivity contribution is -0.116. The van der Waals surface area contributed by atoms with Crippen LogP contribution in [0.1, 0.15) is 29.3 Å². The number of nitrogens with zero attached hydrogens (tertiary/aromatic N) is 3. The van der Waals surface area contributed by atoms with Crippen molar-refractivity contribution < 1.29 is 4.79 Å². The molecule has 2 aromatic carbocycles. The van der Waals surface area contributed by atoms with E-state index in [0.29, 0.717) is 17.9 Å². The van der Waals surface area contributed by atoms with Crippen LogP contribution in [0.2, 0.25) is 0 Å². The maximum atomic E-state index is 13.5. The van der Waals surface area contributed by atoms with Crippen LogP contribution in [0.25, 0.3) is 11.4 Å². The predicted molar refractivity (Wildman–Crippen MR) is 123 cm³/mol. The van der Waals surface area contributed by atoms with Gasteiger partial charge in [-0.25, -0.2) is 4.98 Å². The van der Waals surface area contributed by atoms with E-state index in [1.165, 1.54) is 4.57 Å². The number of hydrogen-bond acceptors (Lipinski definition) is 4. The van der Waals surface area contributed by atoms with Crippen molar-refractivity contribution in [2.75, 3.05) is 18.4 Å². The molecule has 1 aliphatic heterocycles. The fraction of sp³-hybridized carbons (Fsp3) is 0.320. The first kappa shape index (κ1) is 21.0. The Kier molecular flexibility index (Phi) is 6.00. The average Bonchev–Trinajstić information content (AvgIpc) is 2.78. The molecule has 0 fully saturated rings. The van der Waals surface area contributed by atoms with Crippen LogP contribution in [0.15, 0.2) is 53.3 Å². The van der Waals surface area contributed by atoms with Crippen LogP contribution < -0.4 is 10.9 Å². The summed E-state index contributed by atoms with van der Waals surface area (Å²) in [7, 11) is 0. The number of carbonyl (C=O) groups is 1. The largest absolute Gasteiger partial charge is 0.324 e. The Morgan fingerprint density at radius 3 is 2.65 bits per heavy atom. The molecule has 6 nitrogen and oxygen atoms in total. The summed E-state index contributed by atoms with van der Waals surface area (Å²) >= 11 is 0. The van der Waals surface area contributed by atoms with Gasteiger partial charge < -0.3 is 5.32 Å². The number of amides is 1. The third-order valence-electron chi connectivity index (χ3n) is 5.84. The molecule has 0 aliphatic carbocycles. The van der Waals surface area contributed by atoms with Gasteiger partial charge in [-0.05, 0) is 37.6 Å². The number of hydrogen-bond donors (Lipinski definition) is 1. The van der Waals surface area contributed by atoms with E-state index in [4.69, 9.17) is 4.98 Å².